The maximum absolute atomic E-state index is 10.3. The van der Waals surface area contributed by atoms with Crippen molar-refractivity contribution in [2.24, 2.45) is 0 Å². The van der Waals surface area contributed by atoms with E-state index >= 15 is 0 Å². The second-order valence-corrected chi connectivity index (χ2v) is 2.27. The van der Waals surface area contributed by atoms with E-state index in [-0.39, 0.29) is 12.2 Å². The van der Waals surface area contributed by atoms with Crippen LogP contribution in [0.2, 0.25) is 5.32 Å². The summed E-state index contributed by atoms with van der Waals surface area (Å²) in [7, 11) is 0. The molecular weight excluding hydrogens is 173 g/mol. The SMILES string of the molecule is O=C1NCC(C[Se])O1. The molecule has 1 heterocycles. The molecule has 0 saturated carbocycles. The monoisotopic (exact) mass is 180 g/mol. The molecule has 1 fully saturated rings. The van der Waals surface area contributed by atoms with Gasteiger partial charge in [0.2, 0.25) is 0 Å². The van der Waals surface area contributed by atoms with Gasteiger partial charge in [0.15, 0.2) is 0 Å². The molecule has 8 heavy (non-hydrogen) atoms. The van der Waals surface area contributed by atoms with Gasteiger partial charge >= 0.3 is 54.9 Å². The molecule has 1 saturated heterocycles. The summed E-state index contributed by atoms with van der Waals surface area (Å²) < 4.78 is 4.73. The van der Waals surface area contributed by atoms with E-state index in [4.69, 9.17) is 4.74 Å². The third kappa shape index (κ3) is 1.14. The molecule has 0 aliphatic carbocycles. The summed E-state index contributed by atoms with van der Waals surface area (Å²) in [6.45, 7) is 0.645. The zero-order chi connectivity index (χ0) is 5.98. The van der Waals surface area contributed by atoms with Crippen LogP contribution >= 0.6 is 0 Å². The molecule has 0 spiro atoms. The van der Waals surface area contributed by atoms with Crippen molar-refractivity contribution in [3.05, 3.63) is 0 Å². The van der Waals surface area contributed by atoms with Gasteiger partial charge in [0, 0.05) is 0 Å². The van der Waals surface area contributed by atoms with E-state index in [0.717, 1.165) is 5.32 Å². The third-order valence-electron chi connectivity index (χ3n) is 0.934. The predicted octanol–water partition coefficient (Wildman–Crippen LogP) is -0.318. The number of nitrogens with one attached hydrogen (secondary N) is 1. The fraction of sp³-hybridized carbons (Fsp3) is 0.750. The normalized spacial score (nSPS) is 27.1. The van der Waals surface area contributed by atoms with Gasteiger partial charge in [0.25, 0.3) is 0 Å². The summed E-state index contributed by atoms with van der Waals surface area (Å²) in [6.07, 6.45) is -0.243. The van der Waals surface area contributed by atoms with Crippen LogP contribution in [0.4, 0.5) is 4.79 Å². The summed E-state index contributed by atoms with van der Waals surface area (Å²) in [5.41, 5.74) is 0. The standard InChI is InChI=1S/C4H6NO2Se/c6-4-5-1-3(2-8)7-4/h3H,1-2H2,(H,5,6). The van der Waals surface area contributed by atoms with Gasteiger partial charge < -0.3 is 0 Å². The molecule has 3 nitrogen and oxygen atoms in total. The van der Waals surface area contributed by atoms with Crippen LogP contribution in [0.25, 0.3) is 0 Å². The molecule has 1 radical (unpaired) electrons. The van der Waals surface area contributed by atoms with E-state index in [1.807, 2.05) is 0 Å². The average molecular weight is 179 g/mol. The number of carbonyl (C=O) groups excluding carboxylic acids is 1. The quantitative estimate of drug-likeness (QED) is 0.560. The van der Waals surface area contributed by atoms with E-state index in [9.17, 15) is 4.79 Å². The van der Waals surface area contributed by atoms with E-state index in [1.54, 1.807) is 0 Å². The second-order valence-electron chi connectivity index (χ2n) is 1.57. The summed E-state index contributed by atoms with van der Waals surface area (Å²) in [5.74, 6) is 0. The van der Waals surface area contributed by atoms with Crippen molar-refractivity contribution in [3.8, 4) is 0 Å². The molecule has 0 aromatic carbocycles. The van der Waals surface area contributed by atoms with Gasteiger partial charge in [-0.25, -0.2) is 0 Å². The zero-order valence-corrected chi connectivity index (χ0v) is 5.93. The van der Waals surface area contributed by atoms with Crippen molar-refractivity contribution < 1.29 is 9.53 Å². The number of ether oxygens (including phenoxy) is 1. The molecule has 1 atom stereocenters. The molecule has 1 aliphatic rings. The second kappa shape index (κ2) is 2.37. The molecule has 0 aromatic heterocycles. The number of cyclic esters (lactones) is 1. The van der Waals surface area contributed by atoms with E-state index < -0.39 is 0 Å². The average Bonchev–Trinajstić information content (AvgIpc) is 2.14. The fourth-order valence-corrected chi connectivity index (χ4v) is 0.915. The first-order valence-electron chi connectivity index (χ1n) is 2.35. The van der Waals surface area contributed by atoms with Crippen LogP contribution in [-0.2, 0) is 4.74 Å². The number of rotatable bonds is 1. The van der Waals surface area contributed by atoms with Crippen LogP contribution in [0.1, 0.15) is 0 Å². The van der Waals surface area contributed by atoms with Crippen molar-refractivity contribution in [1.29, 1.82) is 0 Å². The molecule has 1 amide bonds. The van der Waals surface area contributed by atoms with Gasteiger partial charge in [-0.1, -0.05) is 0 Å². The Morgan fingerprint density at radius 2 is 2.75 bits per heavy atom. The number of hydrogen-bond acceptors (Lipinski definition) is 2. The Morgan fingerprint density at radius 3 is 3.00 bits per heavy atom. The van der Waals surface area contributed by atoms with E-state index in [1.165, 1.54) is 0 Å². The molecule has 0 bridgehead atoms. The first-order valence-corrected chi connectivity index (χ1v) is 3.56. The van der Waals surface area contributed by atoms with Gasteiger partial charge in [0.05, 0.1) is 0 Å². The summed E-state index contributed by atoms with van der Waals surface area (Å²) in [6, 6.07) is 0. The molecule has 4 heteroatoms. The summed E-state index contributed by atoms with van der Waals surface area (Å²) >= 11 is 2.79. The number of hydrogen-bond donors (Lipinski definition) is 1. The minimum atomic E-state index is -0.301. The predicted molar refractivity (Wildman–Crippen MR) is 28.8 cm³/mol. The van der Waals surface area contributed by atoms with Gasteiger partial charge in [-0.3, -0.25) is 0 Å². The maximum atomic E-state index is 10.3. The number of amides is 1. The van der Waals surface area contributed by atoms with Gasteiger partial charge in [-0.15, -0.1) is 0 Å². The van der Waals surface area contributed by atoms with E-state index in [2.05, 4.69) is 21.3 Å². The Bertz CT molecular complexity index is 106. The Kier molecular flexibility index (Phi) is 1.76. The molecule has 1 unspecified atom stereocenters. The minimum absolute atomic E-state index is 0.0579. The Balaban J connectivity index is 2.32. The first kappa shape index (κ1) is 5.92. The van der Waals surface area contributed by atoms with Crippen molar-refractivity contribution in [2.45, 2.75) is 11.4 Å². The Labute approximate surface area is 55.6 Å². The molecule has 0 aromatic rings. The summed E-state index contributed by atoms with van der Waals surface area (Å²) in [4.78, 5) is 10.3. The zero-order valence-electron chi connectivity index (χ0n) is 4.22. The Hall–Kier alpha value is -0.211. The van der Waals surface area contributed by atoms with Crippen molar-refractivity contribution in [3.63, 3.8) is 0 Å². The van der Waals surface area contributed by atoms with Crippen molar-refractivity contribution in [2.75, 3.05) is 6.54 Å². The van der Waals surface area contributed by atoms with Gasteiger partial charge in [-0.2, -0.15) is 0 Å². The van der Waals surface area contributed by atoms with Crippen molar-refractivity contribution in [1.82, 2.24) is 5.32 Å². The topological polar surface area (TPSA) is 38.3 Å². The summed E-state index contributed by atoms with van der Waals surface area (Å²) in [5, 5.41) is 3.32. The molecule has 1 rings (SSSR count). The number of alkyl carbamates (subject to hydrolysis) is 1. The van der Waals surface area contributed by atoms with E-state index in [0.29, 0.717) is 6.54 Å². The molecule has 45 valence electrons. The van der Waals surface area contributed by atoms with Crippen LogP contribution in [-0.4, -0.2) is 34.8 Å². The molecule has 1 aliphatic heterocycles. The first-order chi connectivity index (χ1) is 3.83. The molecule has 1 N–H and O–H groups in total. The fourth-order valence-electron chi connectivity index (χ4n) is 0.525. The number of carbonyl (C=O) groups is 1. The Morgan fingerprint density at radius 1 is 2.00 bits per heavy atom. The van der Waals surface area contributed by atoms with Crippen LogP contribution in [0.15, 0.2) is 0 Å². The van der Waals surface area contributed by atoms with Crippen LogP contribution in [0.3, 0.4) is 0 Å². The van der Waals surface area contributed by atoms with Crippen LogP contribution in [0, 0.1) is 0 Å². The van der Waals surface area contributed by atoms with Crippen LogP contribution in [0.5, 0.6) is 0 Å². The third-order valence-corrected chi connectivity index (χ3v) is 1.71. The van der Waals surface area contributed by atoms with Crippen molar-refractivity contribution >= 4 is 22.1 Å². The molecular formula is C4H6NO2Se. The van der Waals surface area contributed by atoms with Crippen LogP contribution < -0.4 is 5.32 Å². The van der Waals surface area contributed by atoms with Gasteiger partial charge in [0.1, 0.15) is 0 Å². The van der Waals surface area contributed by atoms with Gasteiger partial charge in [-0.05, 0) is 0 Å².